The topological polar surface area (TPSA) is 305 Å². The van der Waals surface area contributed by atoms with Crippen molar-refractivity contribution in [1.29, 1.82) is 0 Å². The van der Waals surface area contributed by atoms with Crippen molar-refractivity contribution >= 4 is 115 Å². The van der Waals surface area contributed by atoms with E-state index >= 15 is 0 Å². The summed E-state index contributed by atoms with van der Waals surface area (Å²) in [6.45, 7) is 2.82. The molecule has 27 heteroatoms. The fraction of sp³-hybridized carbons (Fsp3) is 0.206. The zero-order valence-electron chi connectivity index (χ0n) is 50.8. The van der Waals surface area contributed by atoms with Gasteiger partial charge in [-0.05, 0) is 59.7 Å². The van der Waals surface area contributed by atoms with Gasteiger partial charge in [0.25, 0.3) is 11.8 Å². The average Bonchev–Trinajstić information content (AvgIpc) is 0.750. The normalized spacial score (nSPS) is 13.5. The number of fused-ring (bicyclic) bond motifs is 4. The zero-order chi connectivity index (χ0) is 67.5. The van der Waals surface area contributed by atoms with Crippen LogP contribution in [-0.4, -0.2) is 138 Å². The predicted molar refractivity (Wildman–Crippen MR) is 358 cm³/mol. The van der Waals surface area contributed by atoms with E-state index in [1.165, 1.54) is 101 Å². The highest BCUT2D eigenvalue weighted by Gasteiger charge is 2.29. The molecule has 3 aliphatic heterocycles. The summed E-state index contributed by atoms with van der Waals surface area (Å²) in [6.07, 6.45) is 0. The molecule has 0 spiro atoms. The van der Waals surface area contributed by atoms with Gasteiger partial charge in [0.05, 0.1) is 122 Å². The summed E-state index contributed by atoms with van der Waals surface area (Å²) in [4.78, 5) is 83.7. The number of aromatic carboxylic acids is 2. The highest BCUT2D eigenvalue weighted by Crippen LogP contribution is 2.48. The number of anilines is 4. The van der Waals surface area contributed by atoms with Gasteiger partial charge in [-0.1, -0.05) is 58.5 Å². The van der Waals surface area contributed by atoms with Crippen LogP contribution >= 0.6 is 46.4 Å². The third-order valence-corrected chi connectivity index (χ3v) is 17.0. The third-order valence-electron chi connectivity index (χ3n) is 15.8. The molecule has 23 nitrogen and oxygen atoms in total. The van der Waals surface area contributed by atoms with Crippen molar-refractivity contribution in [2.75, 3.05) is 115 Å². The first-order valence-electron chi connectivity index (χ1n) is 29.0. The minimum Gasteiger partial charge on any atom is -0.506 e. The molecular formula is C68H56Cl4N4O19. The molecule has 6 aromatic rings. The van der Waals surface area contributed by atoms with Gasteiger partial charge in [-0.2, -0.15) is 0 Å². The molecule has 0 atom stereocenters. The van der Waals surface area contributed by atoms with E-state index in [0.717, 1.165) is 12.1 Å². The molecule has 1 saturated heterocycles. The Bertz CT molecular complexity index is 4470. The minimum atomic E-state index is -1.39. The monoisotopic (exact) mass is 1370 g/mol. The van der Waals surface area contributed by atoms with Crippen LogP contribution < -0.4 is 50.2 Å². The molecule has 490 valence electrons. The highest BCUT2D eigenvalue weighted by molar-refractivity contribution is 6.34. The molecule has 6 N–H and O–H groups in total. The molecular weight excluding hydrogens is 1320 g/mol. The van der Waals surface area contributed by atoms with Gasteiger partial charge in [0.2, 0.25) is 10.9 Å². The number of methoxy groups -OCH3 is 4. The molecule has 1 fully saturated rings. The number of hydrogen-bond acceptors (Lipinski definition) is 19. The first kappa shape index (κ1) is 66.5. The fourth-order valence-corrected chi connectivity index (χ4v) is 11.9. The van der Waals surface area contributed by atoms with Gasteiger partial charge in [-0.15, -0.1) is 0 Å². The van der Waals surface area contributed by atoms with E-state index in [1.54, 1.807) is 24.3 Å². The molecule has 3 heterocycles. The van der Waals surface area contributed by atoms with Gasteiger partial charge in [0.1, 0.15) is 57.2 Å². The number of carbonyl (C=O) groups is 4. The van der Waals surface area contributed by atoms with Crippen LogP contribution in [0.5, 0.6) is 34.5 Å². The van der Waals surface area contributed by atoms with Crippen molar-refractivity contribution in [3.63, 3.8) is 0 Å². The Morgan fingerprint density at radius 1 is 0.442 bits per heavy atom. The molecule has 95 heavy (non-hydrogen) atoms. The van der Waals surface area contributed by atoms with E-state index in [9.17, 15) is 49.2 Å². The minimum absolute atomic E-state index is 0.0438. The lowest BCUT2D eigenvalue weighted by Crippen LogP contribution is -2.33. The van der Waals surface area contributed by atoms with E-state index in [1.807, 2.05) is 9.80 Å². The number of rotatable bonds is 14. The van der Waals surface area contributed by atoms with Crippen molar-refractivity contribution < 1.29 is 81.6 Å². The third kappa shape index (κ3) is 13.7. The molecule has 11 rings (SSSR count). The van der Waals surface area contributed by atoms with Crippen LogP contribution in [-0.2, 0) is 14.2 Å². The molecule has 0 bridgehead atoms. The largest absolute Gasteiger partial charge is 0.506 e. The summed E-state index contributed by atoms with van der Waals surface area (Å²) in [5.74, 6) is -3.56. The maximum Gasteiger partial charge on any atom is 0.336 e. The van der Waals surface area contributed by atoms with Gasteiger partial charge >= 0.3 is 11.9 Å². The number of carbonyl (C=O) groups excluding carboxylic acids is 2. The summed E-state index contributed by atoms with van der Waals surface area (Å²) in [5, 5.41) is 48.0. The summed E-state index contributed by atoms with van der Waals surface area (Å²) >= 11 is 25.3. The van der Waals surface area contributed by atoms with Gasteiger partial charge < -0.3 is 82.9 Å². The number of carboxylic acids is 2. The molecule has 2 aliphatic carbocycles. The lowest BCUT2D eigenvalue weighted by molar-refractivity contribution is 0.0530. The van der Waals surface area contributed by atoms with Gasteiger partial charge in [0.15, 0.2) is 0 Å². The Labute approximate surface area is 559 Å². The first-order valence-corrected chi connectivity index (χ1v) is 30.5. The van der Waals surface area contributed by atoms with Crippen LogP contribution in [0.15, 0.2) is 128 Å². The van der Waals surface area contributed by atoms with E-state index in [-0.39, 0.29) is 172 Å². The van der Waals surface area contributed by atoms with Crippen LogP contribution in [0.2, 0.25) is 20.1 Å². The molecule has 0 saturated carbocycles. The summed E-state index contributed by atoms with van der Waals surface area (Å²) in [6, 6.07) is 25.0. The standard InChI is InChI=1S/C68H56Cl4N4O19/c1-87-59-27-49(61(89-3)25-47(59)73-65(81)33-5-7-35(37(19-33)67(83)84)63-39-21-43(69)51(77)29-55(39)94-56-30-52(78)44(70)22-40(56)63)75-9-13-91-14-10-76(12-16-93-18-17-92-15-11-75)50-28-60(88-2)48(26-62(50)90-4)74-66(82)34-6-8-36(38(20-34)68(85)86)64-41-23-45(71)53(79)31-57(41)95-58-32-54(80)46(72)24-42(58)64/h5-8,19-32,77,79H,9-18H2,1-4H3,(H,73,81)(H,74,82)(H,83,84)(H,85,86). The van der Waals surface area contributed by atoms with Crippen LogP contribution in [0.25, 0.3) is 66.8 Å². The van der Waals surface area contributed by atoms with Crippen molar-refractivity contribution in [1.82, 2.24) is 0 Å². The van der Waals surface area contributed by atoms with E-state index in [0.29, 0.717) is 59.8 Å². The number of benzene rings is 8. The highest BCUT2D eigenvalue weighted by atomic mass is 35.5. The van der Waals surface area contributed by atoms with Crippen LogP contribution in [0.3, 0.4) is 0 Å². The quantitative estimate of drug-likeness (QED) is 0.0551. The number of halogens is 4. The molecule has 0 aromatic heterocycles. The van der Waals surface area contributed by atoms with Crippen LogP contribution in [0.1, 0.15) is 41.4 Å². The number of aromatic hydroxyl groups is 2. The van der Waals surface area contributed by atoms with Crippen molar-refractivity contribution in [3.05, 3.63) is 172 Å². The lowest BCUT2D eigenvalue weighted by Gasteiger charge is -2.29. The summed E-state index contributed by atoms with van der Waals surface area (Å²) < 4.78 is 53.7. The number of carboxylic acid groups (broad SMARTS) is 2. The Balaban J connectivity index is 0.803. The number of phenolic OH excluding ortho intramolecular Hbond substituents is 2. The number of ether oxygens (including phenoxy) is 7. The van der Waals surface area contributed by atoms with E-state index in [4.69, 9.17) is 88.4 Å². The smallest absolute Gasteiger partial charge is 0.336 e. The maximum absolute atomic E-state index is 14.2. The summed E-state index contributed by atoms with van der Waals surface area (Å²) in [5.41, 5.74) is 1.26. The van der Waals surface area contributed by atoms with E-state index < -0.39 is 34.6 Å². The Hall–Kier alpha value is -9.98. The summed E-state index contributed by atoms with van der Waals surface area (Å²) in [7, 11) is 5.78. The Morgan fingerprint density at radius 3 is 1.17 bits per heavy atom. The van der Waals surface area contributed by atoms with E-state index in [2.05, 4.69) is 10.6 Å². The molecule has 5 aliphatic rings. The fourth-order valence-electron chi connectivity index (χ4n) is 11.2. The van der Waals surface area contributed by atoms with Crippen LogP contribution in [0.4, 0.5) is 22.7 Å². The van der Waals surface area contributed by atoms with Crippen molar-refractivity contribution in [2.24, 2.45) is 0 Å². The first-order chi connectivity index (χ1) is 45.7. The second-order valence-corrected chi connectivity index (χ2v) is 23.0. The predicted octanol–water partition coefficient (Wildman–Crippen LogP) is 12.8. The molecule has 0 unspecified atom stereocenters. The van der Waals surface area contributed by atoms with Gasteiger partial charge in [-0.25, -0.2) is 9.59 Å². The Kier molecular flexibility index (Phi) is 19.8. The van der Waals surface area contributed by atoms with Gasteiger partial charge in [0, 0.05) is 119 Å². The SMILES string of the molecule is COc1cc(N2CCOCCOCCN(c3cc(OC)c(NC(=O)c4ccc(-c5c6cc(Cl)c(=O)cc-6oc6cc(O)c(Cl)cc56)c(C(=O)O)c4)cc3OC)CCOCC2)c(OC)cc1NC(=O)c1ccc(-c2c3cc(Cl)c(=O)cc-3oc3cc(O)c(Cl)cc23)c(C(=O)O)c1. The average molecular weight is 1380 g/mol. The van der Waals surface area contributed by atoms with Crippen molar-refractivity contribution in [3.8, 4) is 79.4 Å². The maximum atomic E-state index is 14.2. The van der Waals surface area contributed by atoms with Crippen LogP contribution in [0, 0.1) is 0 Å². The number of phenols is 2. The lowest BCUT2D eigenvalue weighted by atomic mass is 9.89. The number of nitrogens with one attached hydrogen (secondary N) is 2. The van der Waals surface area contributed by atoms with Gasteiger partial charge in [-0.3, -0.25) is 19.2 Å². The molecule has 2 amide bonds. The number of hydrogen-bond donors (Lipinski definition) is 6. The molecule has 6 aromatic carbocycles. The number of nitrogens with zero attached hydrogens (tertiary/aromatic N) is 2. The van der Waals surface area contributed by atoms with Crippen molar-refractivity contribution in [2.45, 2.75) is 0 Å². The molecule has 0 radical (unpaired) electrons. The second-order valence-electron chi connectivity index (χ2n) is 21.4. The second kappa shape index (κ2) is 28.3. The Morgan fingerprint density at radius 2 is 0.811 bits per heavy atom. The zero-order valence-corrected chi connectivity index (χ0v) is 53.8. The number of amides is 2.